The molecule has 2 aromatic rings. The van der Waals surface area contributed by atoms with E-state index in [-0.39, 0.29) is 6.04 Å². The van der Waals surface area contributed by atoms with E-state index < -0.39 is 0 Å². The molecule has 0 amide bonds. The molecule has 21 heavy (non-hydrogen) atoms. The zero-order valence-corrected chi connectivity index (χ0v) is 14.9. The summed E-state index contributed by atoms with van der Waals surface area (Å²) in [5, 5.41) is 4.60. The van der Waals surface area contributed by atoms with Crippen LogP contribution in [0, 0.1) is 0 Å². The minimum atomic E-state index is 0.140. The van der Waals surface area contributed by atoms with Gasteiger partial charge in [-0.1, -0.05) is 29.3 Å². The molecule has 1 atom stereocenters. The zero-order valence-electron chi connectivity index (χ0n) is 11.8. The summed E-state index contributed by atoms with van der Waals surface area (Å²) in [6, 6.07) is 11.8. The van der Waals surface area contributed by atoms with Gasteiger partial charge in [0.1, 0.15) is 5.75 Å². The lowest BCUT2D eigenvalue weighted by Gasteiger charge is -2.18. The summed E-state index contributed by atoms with van der Waals surface area (Å²) < 4.78 is 6.20. The average molecular weight is 389 g/mol. The average Bonchev–Trinajstić information content (AvgIpc) is 2.43. The maximum absolute atomic E-state index is 6.08. The number of likely N-dealkylation sites (N-methyl/N-ethyl adjacent to an activating group) is 1. The van der Waals surface area contributed by atoms with Gasteiger partial charge >= 0.3 is 0 Å². The van der Waals surface area contributed by atoms with Crippen LogP contribution in [0.15, 0.2) is 40.9 Å². The Morgan fingerprint density at radius 1 is 1.14 bits per heavy atom. The van der Waals surface area contributed by atoms with Crippen LogP contribution in [0.2, 0.25) is 10.0 Å². The van der Waals surface area contributed by atoms with Crippen molar-refractivity contribution in [1.82, 2.24) is 5.32 Å². The third-order valence-electron chi connectivity index (χ3n) is 3.29. The minimum absolute atomic E-state index is 0.140. The quantitative estimate of drug-likeness (QED) is 0.753. The van der Waals surface area contributed by atoms with Gasteiger partial charge in [-0.2, -0.15) is 0 Å². The van der Waals surface area contributed by atoms with Crippen LogP contribution < -0.4 is 10.1 Å². The van der Waals surface area contributed by atoms with Crippen LogP contribution in [0.3, 0.4) is 0 Å². The fourth-order valence-electron chi connectivity index (χ4n) is 2.24. The van der Waals surface area contributed by atoms with E-state index >= 15 is 0 Å². The number of hydrogen-bond donors (Lipinski definition) is 1. The largest absolute Gasteiger partial charge is 0.496 e. The Morgan fingerprint density at radius 3 is 2.33 bits per heavy atom. The van der Waals surface area contributed by atoms with Crippen LogP contribution in [0.5, 0.6) is 5.75 Å². The number of ether oxygens (including phenoxy) is 1. The van der Waals surface area contributed by atoms with Crippen molar-refractivity contribution in [3.05, 3.63) is 62.0 Å². The maximum atomic E-state index is 6.08. The first-order chi connectivity index (χ1) is 10.0. The van der Waals surface area contributed by atoms with Crippen LogP contribution in [0.25, 0.3) is 0 Å². The lowest BCUT2D eigenvalue weighted by atomic mass is 9.99. The van der Waals surface area contributed by atoms with Crippen molar-refractivity contribution in [3.8, 4) is 5.75 Å². The maximum Gasteiger partial charge on any atom is 0.133 e. The van der Waals surface area contributed by atoms with Crippen molar-refractivity contribution in [2.24, 2.45) is 0 Å². The Balaban J connectivity index is 2.24. The number of halogens is 3. The summed E-state index contributed by atoms with van der Waals surface area (Å²) in [5.41, 5.74) is 2.26. The highest BCUT2D eigenvalue weighted by Gasteiger charge is 2.13. The second-order valence-corrected chi connectivity index (χ2v) is 6.44. The zero-order chi connectivity index (χ0) is 15.4. The molecule has 0 aliphatic carbocycles. The third kappa shape index (κ3) is 4.36. The SMILES string of the molecule is CNC(Cc1ccc(OC)c(Br)c1)c1cc(Cl)cc(Cl)c1. The number of methoxy groups -OCH3 is 1. The van der Waals surface area contributed by atoms with Crippen LogP contribution in [0.4, 0.5) is 0 Å². The van der Waals surface area contributed by atoms with E-state index in [1.807, 2.05) is 25.2 Å². The first-order valence-electron chi connectivity index (χ1n) is 6.49. The lowest BCUT2D eigenvalue weighted by Crippen LogP contribution is -2.18. The van der Waals surface area contributed by atoms with Gasteiger partial charge in [-0.25, -0.2) is 0 Å². The normalized spacial score (nSPS) is 12.2. The molecule has 0 heterocycles. The summed E-state index contributed by atoms with van der Waals surface area (Å²) in [5.74, 6) is 0.825. The van der Waals surface area contributed by atoms with Gasteiger partial charge in [-0.15, -0.1) is 0 Å². The number of benzene rings is 2. The molecule has 1 unspecified atom stereocenters. The number of rotatable bonds is 5. The molecule has 0 bridgehead atoms. The number of nitrogens with one attached hydrogen (secondary N) is 1. The summed E-state index contributed by atoms with van der Waals surface area (Å²) in [7, 11) is 3.59. The van der Waals surface area contributed by atoms with Crippen LogP contribution in [-0.4, -0.2) is 14.2 Å². The van der Waals surface area contributed by atoms with Crippen LogP contribution in [0.1, 0.15) is 17.2 Å². The van der Waals surface area contributed by atoms with Crippen molar-refractivity contribution in [2.75, 3.05) is 14.2 Å². The molecule has 0 fully saturated rings. The van der Waals surface area contributed by atoms with Crippen molar-refractivity contribution < 1.29 is 4.74 Å². The van der Waals surface area contributed by atoms with Crippen LogP contribution >= 0.6 is 39.1 Å². The first kappa shape index (κ1) is 16.6. The highest BCUT2D eigenvalue weighted by atomic mass is 79.9. The van der Waals surface area contributed by atoms with Crippen LogP contribution in [-0.2, 0) is 6.42 Å². The Bertz CT molecular complexity index is 613. The molecule has 0 aliphatic rings. The predicted molar refractivity (Wildman–Crippen MR) is 92.7 cm³/mol. The van der Waals surface area contributed by atoms with Gasteiger partial charge in [0, 0.05) is 16.1 Å². The number of hydrogen-bond acceptors (Lipinski definition) is 2. The van der Waals surface area contributed by atoms with Crippen molar-refractivity contribution in [3.63, 3.8) is 0 Å². The van der Waals surface area contributed by atoms with Crippen molar-refractivity contribution in [1.29, 1.82) is 0 Å². The fourth-order valence-corrected chi connectivity index (χ4v) is 3.37. The molecule has 0 saturated heterocycles. The molecule has 2 aromatic carbocycles. The van der Waals surface area contributed by atoms with Gasteiger partial charge in [0.2, 0.25) is 0 Å². The molecule has 0 radical (unpaired) electrons. The van der Waals surface area contributed by atoms with Gasteiger partial charge in [0.05, 0.1) is 11.6 Å². The highest BCUT2D eigenvalue weighted by molar-refractivity contribution is 9.10. The van der Waals surface area contributed by atoms with Crippen molar-refractivity contribution in [2.45, 2.75) is 12.5 Å². The molecule has 5 heteroatoms. The van der Waals surface area contributed by atoms with Gasteiger partial charge in [-0.3, -0.25) is 0 Å². The van der Waals surface area contributed by atoms with Gasteiger partial charge in [-0.05, 0) is 70.9 Å². The van der Waals surface area contributed by atoms with E-state index in [2.05, 4.69) is 33.4 Å². The predicted octanol–water partition coefficient (Wildman–Crippen LogP) is 5.27. The van der Waals surface area contributed by atoms with E-state index in [9.17, 15) is 0 Å². The third-order valence-corrected chi connectivity index (χ3v) is 4.35. The fraction of sp³-hybridized carbons (Fsp3) is 0.250. The Morgan fingerprint density at radius 2 is 1.81 bits per heavy atom. The smallest absolute Gasteiger partial charge is 0.133 e. The molecule has 2 rings (SSSR count). The Hall–Kier alpha value is -0.740. The lowest BCUT2D eigenvalue weighted by molar-refractivity contribution is 0.412. The molecule has 0 aromatic heterocycles. The summed E-state index contributed by atoms with van der Waals surface area (Å²) >= 11 is 15.7. The van der Waals surface area contributed by atoms with E-state index in [0.717, 1.165) is 22.2 Å². The van der Waals surface area contributed by atoms with Crippen molar-refractivity contribution >= 4 is 39.1 Å². The topological polar surface area (TPSA) is 21.3 Å². The molecular formula is C16H16BrCl2NO. The minimum Gasteiger partial charge on any atom is -0.496 e. The Labute approximate surface area is 143 Å². The molecular weight excluding hydrogens is 373 g/mol. The van der Waals surface area contributed by atoms with E-state index in [1.54, 1.807) is 13.2 Å². The molecule has 0 aliphatic heterocycles. The second kappa shape index (κ2) is 7.50. The summed E-state index contributed by atoms with van der Waals surface area (Å²) in [6.45, 7) is 0. The van der Waals surface area contributed by atoms with E-state index in [0.29, 0.717) is 10.0 Å². The van der Waals surface area contributed by atoms with Gasteiger partial charge < -0.3 is 10.1 Å². The van der Waals surface area contributed by atoms with Gasteiger partial charge in [0.15, 0.2) is 0 Å². The van der Waals surface area contributed by atoms with E-state index in [1.165, 1.54) is 5.56 Å². The molecule has 2 nitrogen and oxygen atoms in total. The second-order valence-electron chi connectivity index (χ2n) is 4.72. The monoisotopic (exact) mass is 387 g/mol. The first-order valence-corrected chi connectivity index (χ1v) is 8.04. The molecule has 0 spiro atoms. The molecule has 0 saturated carbocycles. The highest BCUT2D eigenvalue weighted by Crippen LogP contribution is 2.29. The summed E-state index contributed by atoms with van der Waals surface area (Å²) in [6.07, 6.45) is 0.829. The molecule has 112 valence electrons. The Kier molecular flexibility index (Phi) is 5.94. The standard InChI is InChI=1S/C16H16BrCl2NO/c1-20-15(11-7-12(18)9-13(19)8-11)6-10-3-4-16(21-2)14(17)5-10/h3-5,7-9,15,20H,6H2,1-2H3. The summed E-state index contributed by atoms with van der Waals surface area (Å²) in [4.78, 5) is 0. The van der Waals surface area contributed by atoms with E-state index in [4.69, 9.17) is 27.9 Å². The van der Waals surface area contributed by atoms with Gasteiger partial charge in [0.25, 0.3) is 0 Å². The molecule has 1 N–H and O–H groups in total.